The average Bonchev–Trinajstić information content (AvgIpc) is 2.03. The number of aromatic nitrogens is 1. The molecule has 5 heteroatoms. The maximum Gasteiger partial charge on any atom is 0.149 e. The molecular formula is C8H10F2N2O. The third-order valence-corrected chi connectivity index (χ3v) is 1.67. The van der Waals surface area contributed by atoms with Crippen LogP contribution in [0.4, 0.5) is 8.78 Å². The predicted octanol–water partition coefficient (Wildman–Crippen LogP) is 0.740. The van der Waals surface area contributed by atoms with Crippen molar-refractivity contribution in [3.8, 4) is 0 Å². The van der Waals surface area contributed by atoms with Crippen LogP contribution in [-0.4, -0.2) is 16.2 Å². The van der Waals surface area contributed by atoms with Gasteiger partial charge < -0.3 is 10.8 Å². The number of nitrogens with zero attached hydrogens (tertiary/aromatic N) is 1. The van der Waals surface area contributed by atoms with Crippen LogP contribution >= 0.6 is 0 Å². The molecule has 0 aromatic carbocycles. The molecule has 0 fully saturated rings. The Labute approximate surface area is 74.2 Å². The second kappa shape index (κ2) is 3.76. The van der Waals surface area contributed by atoms with Crippen LogP contribution in [0.2, 0.25) is 0 Å². The van der Waals surface area contributed by atoms with E-state index in [1.165, 1.54) is 6.92 Å². The molecule has 1 aromatic heterocycles. The van der Waals surface area contributed by atoms with Gasteiger partial charge in [-0.05, 0) is 6.92 Å². The zero-order valence-corrected chi connectivity index (χ0v) is 7.04. The Kier molecular flexibility index (Phi) is 2.90. The lowest BCUT2D eigenvalue weighted by atomic mass is 10.1. The van der Waals surface area contributed by atoms with Crippen molar-refractivity contribution in [2.45, 2.75) is 19.1 Å². The fourth-order valence-corrected chi connectivity index (χ4v) is 0.899. The summed E-state index contributed by atoms with van der Waals surface area (Å²) in [6, 6.07) is -0.245. The van der Waals surface area contributed by atoms with Gasteiger partial charge in [0.05, 0.1) is 24.0 Å². The van der Waals surface area contributed by atoms with Gasteiger partial charge >= 0.3 is 0 Å². The van der Waals surface area contributed by atoms with Gasteiger partial charge in [-0.3, -0.25) is 4.98 Å². The summed E-state index contributed by atoms with van der Waals surface area (Å²) in [5, 5.41) is 9.04. The Morgan fingerprint density at radius 3 is 2.62 bits per heavy atom. The summed E-state index contributed by atoms with van der Waals surface area (Å²) < 4.78 is 25.4. The van der Waals surface area contributed by atoms with Gasteiger partial charge in [-0.1, -0.05) is 0 Å². The highest BCUT2D eigenvalue weighted by molar-refractivity contribution is 5.13. The summed E-state index contributed by atoms with van der Waals surface area (Å²) in [6.07, 6.45) is -0.0619. The van der Waals surface area contributed by atoms with Crippen molar-refractivity contribution in [3.63, 3.8) is 0 Å². The first-order valence-corrected chi connectivity index (χ1v) is 3.77. The van der Waals surface area contributed by atoms with E-state index in [1.807, 2.05) is 0 Å². The van der Waals surface area contributed by atoms with E-state index in [2.05, 4.69) is 4.98 Å². The molecule has 0 saturated carbocycles. The van der Waals surface area contributed by atoms with Crippen molar-refractivity contribution >= 4 is 0 Å². The molecule has 3 N–H and O–H groups in total. The van der Waals surface area contributed by atoms with Crippen molar-refractivity contribution in [3.05, 3.63) is 29.6 Å². The lowest BCUT2D eigenvalue weighted by Gasteiger charge is -2.14. The highest BCUT2D eigenvalue weighted by Crippen LogP contribution is 2.15. The zero-order chi connectivity index (χ0) is 10.0. The van der Waals surface area contributed by atoms with Crippen molar-refractivity contribution in [1.82, 2.24) is 4.98 Å². The van der Waals surface area contributed by atoms with Gasteiger partial charge in [-0.2, -0.15) is 0 Å². The first-order valence-electron chi connectivity index (χ1n) is 3.77. The molecule has 0 amide bonds. The van der Waals surface area contributed by atoms with Gasteiger partial charge in [0.2, 0.25) is 0 Å². The third kappa shape index (κ3) is 2.19. The number of rotatable bonds is 2. The molecule has 1 aromatic rings. The topological polar surface area (TPSA) is 59.1 Å². The van der Waals surface area contributed by atoms with Crippen LogP contribution in [0.5, 0.6) is 0 Å². The fraction of sp³-hybridized carbons (Fsp3) is 0.375. The maximum atomic E-state index is 13.0. The molecule has 72 valence electrons. The molecule has 1 heterocycles. The number of aliphatic hydroxyl groups excluding tert-OH is 1. The van der Waals surface area contributed by atoms with Gasteiger partial charge in [-0.15, -0.1) is 0 Å². The Morgan fingerprint density at radius 1 is 1.54 bits per heavy atom. The van der Waals surface area contributed by atoms with E-state index in [-0.39, 0.29) is 5.69 Å². The molecule has 0 bridgehead atoms. The van der Waals surface area contributed by atoms with E-state index in [1.54, 1.807) is 0 Å². The largest absolute Gasteiger partial charge is 0.391 e. The maximum absolute atomic E-state index is 13.0. The first kappa shape index (κ1) is 10.0. The number of nitrogens with two attached hydrogens (primary N) is 1. The lowest BCUT2D eigenvalue weighted by molar-refractivity contribution is 0.160. The molecule has 0 aliphatic carbocycles. The smallest absolute Gasteiger partial charge is 0.149 e. The van der Waals surface area contributed by atoms with E-state index in [9.17, 15) is 8.78 Å². The van der Waals surface area contributed by atoms with Crippen molar-refractivity contribution in [1.29, 1.82) is 0 Å². The van der Waals surface area contributed by atoms with Crippen LogP contribution in [0, 0.1) is 11.6 Å². The van der Waals surface area contributed by atoms with E-state index in [0.717, 1.165) is 6.20 Å². The third-order valence-electron chi connectivity index (χ3n) is 1.67. The minimum Gasteiger partial charge on any atom is -0.391 e. The second-order valence-corrected chi connectivity index (χ2v) is 2.79. The monoisotopic (exact) mass is 188 g/mol. The van der Waals surface area contributed by atoms with Crippen LogP contribution in [0.25, 0.3) is 0 Å². The number of hydrogen-bond acceptors (Lipinski definition) is 3. The fourth-order valence-electron chi connectivity index (χ4n) is 0.899. The molecule has 0 unspecified atom stereocenters. The summed E-state index contributed by atoms with van der Waals surface area (Å²) in [6.45, 7) is 1.41. The Morgan fingerprint density at radius 2 is 2.15 bits per heavy atom. The van der Waals surface area contributed by atoms with Crippen LogP contribution in [-0.2, 0) is 0 Å². The quantitative estimate of drug-likeness (QED) is 0.719. The summed E-state index contributed by atoms with van der Waals surface area (Å²) in [5.41, 5.74) is 5.29. The van der Waals surface area contributed by atoms with Crippen LogP contribution in [0.15, 0.2) is 12.3 Å². The highest BCUT2D eigenvalue weighted by Gasteiger charge is 2.18. The van der Waals surface area contributed by atoms with Crippen molar-refractivity contribution < 1.29 is 13.9 Å². The molecule has 0 aliphatic heterocycles. The van der Waals surface area contributed by atoms with Gasteiger partial charge in [0.25, 0.3) is 0 Å². The SMILES string of the molecule is C[C@H](O)[C@@H](N)c1ncc(F)cc1F. The average molecular weight is 188 g/mol. The zero-order valence-electron chi connectivity index (χ0n) is 7.04. The molecule has 13 heavy (non-hydrogen) atoms. The molecule has 0 aliphatic rings. The molecule has 3 nitrogen and oxygen atoms in total. The molecule has 1 rings (SSSR count). The number of halogens is 2. The first-order chi connectivity index (χ1) is 6.02. The van der Waals surface area contributed by atoms with E-state index >= 15 is 0 Å². The summed E-state index contributed by atoms with van der Waals surface area (Å²) >= 11 is 0. The summed E-state index contributed by atoms with van der Waals surface area (Å²) in [7, 11) is 0. The Balaban J connectivity index is 3.01. The molecule has 0 spiro atoms. The van der Waals surface area contributed by atoms with Crippen molar-refractivity contribution in [2.75, 3.05) is 0 Å². The van der Waals surface area contributed by atoms with Gasteiger partial charge in [0.15, 0.2) is 0 Å². The van der Waals surface area contributed by atoms with Crippen LogP contribution < -0.4 is 5.73 Å². The van der Waals surface area contributed by atoms with Crippen LogP contribution in [0.3, 0.4) is 0 Å². The number of pyridine rings is 1. The summed E-state index contributed by atoms with van der Waals surface area (Å²) in [5.74, 6) is -1.60. The van der Waals surface area contributed by atoms with Gasteiger partial charge in [-0.25, -0.2) is 8.78 Å². The highest BCUT2D eigenvalue weighted by atomic mass is 19.1. The van der Waals surface area contributed by atoms with E-state index in [4.69, 9.17) is 10.8 Å². The predicted molar refractivity (Wildman–Crippen MR) is 42.8 cm³/mol. The van der Waals surface area contributed by atoms with Gasteiger partial charge in [0, 0.05) is 6.07 Å². The minimum atomic E-state index is -0.930. The number of aliphatic hydroxyl groups is 1. The van der Waals surface area contributed by atoms with Crippen molar-refractivity contribution in [2.24, 2.45) is 5.73 Å². The molecular weight excluding hydrogens is 178 g/mol. The standard InChI is InChI=1S/C8H10F2N2O/c1-4(13)7(11)8-6(10)2-5(9)3-12-8/h2-4,7,13H,11H2,1H3/t4-,7+/m0/s1. The normalized spacial score (nSPS) is 15.5. The molecule has 0 saturated heterocycles. The second-order valence-electron chi connectivity index (χ2n) is 2.79. The van der Waals surface area contributed by atoms with Gasteiger partial charge in [0.1, 0.15) is 11.6 Å². The lowest BCUT2D eigenvalue weighted by Crippen LogP contribution is -2.25. The van der Waals surface area contributed by atoms with E-state index < -0.39 is 23.8 Å². The molecule has 0 radical (unpaired) electrons. The minimum absolute atomic E-state index is 0.128. The molecule has 2 atom stereocenters. The number of hydrogen-bond donors (Lipinski definition) is 2. The van der Waals surface area contributed by atoms with Crippen LogP contribution in [0.1, 0.15) is 18.7 Å². The van der Waals surface area contributed by atoms with E-state index in [0.29, 0.717) is 6.07 Å². The Hall–Kier alpha value is -1.07. The summed E-state index contributed by atoms with van der Waals surface area (Å²) in [4.78, 5) is 3.46. The Bertz CT molecular complexity index is 304.